The Balaban J connectivity index is 1.88. The molecule has 0 saturated carbocycles. The van der Waals surface area contributed by atoms with Crippen LogP contribution in [-0.4, -0.2) is 25.7 Å². The molecule has 7 heteroatoms. The van der Waals surface area contributed by atoms with E-state index in [1.165, 1.54) is 0 Å². The van der Waals surface area contributed by atoms with Gasteiger partial charge in [-0.2, -0.15) is 5.10 Å². The molecule has 21 heavy (non-hydrogen) atoms. The molecule has 0 bridgehead atoms. The molecule has 0 aliphatic rings. The Morgan fingerprint density at radius 3 is 2.90 bits per heavy atom. The lowest BCUT2D eigenvalue weighted by Gasteiger charge is -2.16. The molecule has 2 aromatic heterocycles. The fraction of sp³-hybridized carbons (Fsp3) is 0.286. The van der Waals surface area contributed by atoms with Crippen LogP contribution in [0.4, 0.5) is 5.69 Å². The van der Waals surface area contributed by atoms with Crippen LogP contribution < -0.4 is 5.32 Å². The minimum atomic E-state index is -0.214. The third kappa shape index (κ3) is 2.64. The Morgan fingerprint density at radius 1 is 1.33 bits per heavy atom. The second kappa shape index (κ2) is 4.92. The fourth-order valence-electron chi connectivity index (χ4n) is 2.04. The minimum absolute atomic E-state index is 0.183. The number of hydrogen-bond acceptors (Lipinski definition) is 5. The van der Waals surface area contributed by atoms with E-state index in [0.717, 1.165) is 33.8 Å². The summed E-state index contributed by atoms with van der Waals surface area (Å²) in [6, 6.07) is 5.60. The Bertz CT molecular complexity index is 799. The van der Waals surface area contributed by atoms with Crippen molar-refractivity contribution < 1.29 is 4.79 Å². The molecule has 1 amide bonds. The van der Waals surface area contributed by atoms with E-state index < -0.39 is 0 Å². The lowest BCUT2D eigenvalue weighted by atomic mass is 9.91. The van der Waals surface area contributed by atoms with E-state index in [-0.39, 0.29) is 11.3 Å². The summed E-state index contributed by atoms with van der Waals surface area (Å²) in [7, 11) is 0. The maximum atomic E-state index is 12.4. The maximum Gasteiger partial charge on any atom is 0.269 e. The van der Waals surface area contributed by atoms with Crippen molar-refractivity contribution in [2.75, 3.05) is 5.32 Å². The van der Waals surface area contributed by atoms with Gasteiger partial charge in [0.05, 0.1) is 17.4 Å². The molecule has 3 rings (SSSR count). The zero-order chi connectivity index (χ0) is 15.0. The first-order chi connectivity index (χ1) is 9.95. The van der Waals surface area contributed by atoms with Crippen LogP contribution in [0, 0.1) is 0 Å². The highest BCUT2D eigenvalue weighted by Crippen LogP contribution is 2.26. The van der Waals surface area contributed by atoms with Crippen molar-refractivity contribution in [1.29, 1.82) is 0 Å². The van der Waals surface area contributed by atoms with Gasteiger partial charge < -0.3 is 5.32 Å². The predicted octanol–water partition coefficient (Wildman–Crippen LogP) is 2.96. The molecular weight excluding hydrogens is 286 g/mol. The van der Waals surface area contributed by atoms with Crippen molar-refractivity contribution in [2.24, 2.45) is 0 Å². The van der Waals surface area contributed by atoms with Crippen molar-refractivity contribution in [3.63, 3.8) is 0 Å². The Morgan fingerprint density at radius 2 is 2.14 bits per heavy atom. The first-order valence-corrected chi connectivity index (χ1v) is 7.30. The van der Waals surface area contributed by atoms with Crippen LogP contribution >= 0.6 is 11.5 Å². The molecule has 0 aliphatic heterocycles. The number of H-pyrrole nitrogens is 1. The number of fused-ring (bicyclic) bond motifs is 1. The molecule has 1 aromatic carbocycles. The highest BCUT2D eigenvalue weighted by atomic mass is 32.1. The van der Waals surface area contributed by atoms with Crippen LogP contribution in [0.25, 0.3) is 10.9 Å². The average Bonchev–Trinajstić information content (AvgIpc) is 3.06. The molecule has 0 unspecified atom stereocenters. The summed E-state index contributed by atoms with van der Waals surface area (Å²) in [6.07, 6.45) is 1.72. The molecule has 0 aliphatic carbocycles. The molecule has 0 radical (unpaired) electrons. The number of aromatic amines is 1. The second-order valence-corrected chi connectivity index (χ2v) is 6.58. The highest BCUT2D eigenvalue weighted by molar-refractivity contribution is 7.08. The minimum Gasteiger partial charge on any atom is -0.321 e. The normalized spacial score (nSPS) is 11.8. The van der Waals surface area contributed by atoms with Crippen LogP contribution in [-0.2, 0) is 5.41 Å². The van der Waals surface area contributed by atoms with Crippen molar-refractivity contribution >= 4 is 34.0 Å². The van der Waals surface area contributed by atoms with Gasteiger partial charge >= 0.3 is 0 Å². The number of nitrogens with zero attached hydrogens (tertiary/aromatic N) is 3. The van der Waals surface area contributed by atoms with E-state index in [1.807, 2.05) is 39.0 Å². The number of carbonyl (C=O) groups excluding carboxylic acids is 1. The third-order valence-corrected chi connectivity index (χ3v) is 3.83. The lowest BCUT2D eigenvalue weighted by molar-refractivity contribution is 0.102. The monoisotopic (exact) mass is 301 g/mol. The standard InChI is InChI=1S/C14H15N5OS/c1-14(2,3)12-11(21-19-18-12)13(20)16-9-4-5-10-8(6-9)7-15-17-10/h4-7H,1-3H3,(H,15,17)(H,16,20). The van der Waals surface area contributed by atoms with Crippen molar-refractivity contribution in [3.8, 4) is 0 Å². The molecule has 0 fully saturated rings. The summed E-state index contributed by atoms with van der Waals surface area (Å²) < 4.78 is 3.91. The van der Waals surface area contributed by atoms with Crippen LogP contribution in [0.3, 0.4) is 0 Å². The van der Waals surface area contributed by atoms with Crippen LogP contribution in [0.5, 0.6) is 0 Å². The Labute approximate surface area is 125 Å². The summed E-state index contributed by atoms with van der Waals surface area (Å²) >= 11 is 1.12. The molecule has 2 N–H and O–H groups in total. The molecule has 6 nitrogen and oxygen atoms in total. The quantitative estimate of drug-likeness (QED) is 0.762. The number of amides is 1. The van der Waals surface area contributed by atoms with E-state index in [4.69, 9.17) is 0 Å². The average molecular weight is 301 g/mol. The summed E-state index contributed by atoms with van der Waals surface area (Å²) in [5.41, 5.74) is 2.16. The molecule has 0 atom stereocenters. The van der Waals surface area contributed by atoms with Gasteiger partial charge in [0, 0.05) is 16.5 Å². The molecule has 0 saturated heterocycles. The van der Waals surface area contributed by atoms with Gasteiger partial charge in [-0.25, -0.2) is 0 Å². The van der Waals surface area contributed by atoms with E-state index in [9.17, 15) is 4.79 Å². The topological polar surface area (TPSA) is 83.6 Å². The zero-order valence-electron chi connectivity index (χ0n) is 12.0. The SMILES string of the molecule is CC(C)(C)c1nnsc1C(=O)Nc1ccc2[nH]ncc2c1. The number of anilines is 1. The largest absolute Gasteiger partial charge is 0.321 e. The highest BCUT2D eigenvalue weighted by Gasteiger charge is 2.26. The van der Waals surface area contributed by atoms with Crippen LogP contribution in [0.15, 0.2) is 24.4 Å². The third-order valence-electron chi connectivity index (χ3n) is 3.10. The number of aromatic nitrogens is 4. The second-order valence-electron chi connectivity index (χ2n) is 5.83. The van der Waals surface area contributed by atoms with Gasteiger partial charge in [-0.15, -0.1) is 5.10 Å². The summed E-state index contributed by atoms with van der Waals surface area (Å²) in [5.74, 6) is -0.183. The number of benzene rings is 1. The molecular formula is C14H15N5OS. The first kappa shape index (κ1) is 13.7. The Hall–Kier alpha value is -2.28. The van der Waals surface area contributed by atoms with Crippen molar-refractivity contribution in [1.82, 2.24) is 19.8 Å². The maximum absolute atomic E-state index is 12.4. The molecule has 108 valence electrons. The first-order valence-electron chi connectivity index (χ1n) is 6.52. The molecule has 0 spiro atoms. The van der Waals surface area contributed by atoms with Gasteiger partial charge in [-0.05, 0) is 29.7 Å². The van der Waals surface area contributed by atoms with E-state index in [1.54, 1.807) is 6.20 Å². The number of rotatable bonds is 2. The van der Waals surface area contributed by atoms with Gasteiger partial charge in [-0.3, -0.25) is 9.89 Å². The molecule has 2 heterocycles. The number of carbonyl (C=O) groups is 1. The summed E-state index contributed by atoms with van der Waals surface area (Å²) in [5, 5.41) is 14.8. The zero-order valence-corrected chi connectivity index (χ0v) is 12.8. The predicted molar refractivity (Wildman–Crippen MR) is 82.7 cm³/mol. The van der Waals surface area contributed by atoms with Crippen molar-refractivity contribution in [3.05, 3.63) is 35.0 Å². The van der Waals surface area contributed by atoms with Gasteiger partial charge in [0.2, 0.25) is 0 Å². The van der Waals surface area contributed by atoms with Crippen molar-refractivity contribution in [2.45, 2.75) is 26.2 Å². The fourth-order valence-corrected chi connectivity index (χ4v) is 2.81. The molecule has 3 aromatic rings. The van der Waals surface area contributed by atoms with E-state index in [0.29, 0.717) is 4.88 Å². The van der Waals surface area contributed by atoms with Gasteiger partial charge in [0.25, 0.3) is 5.91 Å². The van der Waals surface area contributed by atoms with E-state index >= 15 is 0 Å². The van der Waals surface area contributed by atoms with Gasteiger partial charge in [-0.1, -0.05) is 25.3 Å². The van der Waals surface area contributed by atoms with Gasteiger partial charge in [0.1, 0.15) is 4.88 Å². The summed E-state index contributed by atoms with van der Waals surface area (Å²) in [6.45, 7) is 6.04. The Kier molecular flexibility index (Phi) is 3.21. The summed E-state index contributed by atoms with van der Waals surface area (Å²) in [4.78, 5) is 13.0. The number of nitrogens with one attached hydrogen (secondary N) is 2. The van der Waals surface area contributed by atoms with Crippen LogP contribution in [0.2, 0.25) is 0 Å². The smallest absolute Gasteiger partial charge is 0.269 e. The number of hydrogen-bond donors (Lipinski definition) is 2. The van der Waals surface area contributed by atoms with Crippen LogP contribution in [0.1, 0.15) is 36.1 Å². The lowest BCUT2D eigenvalue weighted by Crippen LogP contribution is -2.19. The van der Waals surface area contributed by atoms with E-state index in [2.05, 4.69) is 25.1 Å². The van der Waals surface area contributed by atoms with Gasteiger partial charge in [0.15, 0.2) is 0 Å².